The Morgan fingerprint density at radius 3 is 2.75 bits per heavy atom. The number of hydrogen-bond acceptors (Lipinski definition) is 6. The lowest BCUT2D eigenvalue weighted by Crippen LogP contribution is -2.05. The Labute approximate surface area is 125 Å². The Kier molecular flexibility index (Phi) is 4.62. The number of ether oxygens (including phenoxy) is 2. The number of nitrogens with one attached hydrogen (secondary N) is 1. The minimum absolute atomic E-state index is 0.483. The van der Waals surface area contributed by atoms with E-state index < -0.39 is 0 Å². The van der Waals surface area contributed by atoms with E-state index in [1.54, 1.807) is 20.4 Å². The molecule has 0 unspecified atom stereocenters. The molecular weight excluding hydrogens is 324 g/mol. The van der Waals surface area contributed by atoms with Gasteiger partial charge in [0.2, 0.25) is 11.8 Å². The summed E-state index contributed by atoms with van der Waals surface area (Å²) in [4.78, 5) is 8.37. The van der Waals surface area contributed by atoms with Crippen LogP contribution in [0, 0.1) is 0 Å². The molecule has 0 fully saturated rings. The number of halogens is 1. The lowest BCUT2D eigenvalue weighted by molar-refractivity contribution is 0.394. The zero-order chi connectivity index (χ0) is 14.5. The molecule has 0 amide bonds. The first-order valence-electron chi connectivity index (χ1n) is 5.87. The predicted molar refractivity (Wildman–Crippen MR) is 81.0 cm³/mol. The molecule has 1 heterocycles. The van der Waals surface area contributed by atoms with Crippen molar-refractivity contribution in [2.75, 3.05) is 25.3 Å². The van der Waals surface area contributed by atoms with E-state index in [1.165, 1.54) is 0 Å². The third-order valence-corrected chi connectivity index (χ3v) is 3.19. The van der Waals surface area contributed by atoms with E-state index in [1.807, 2.05) is 18.2 Å². The van der Waals surface area contributed by atoms with Crippen molar-refractivity contribution in [1.82, 2.24) is 9.97 Å². The van der Waals surface area contributed by atoms with Gasteiger partial charge in [0.25, 0.3) is 0 Å². The van der Waals surface area contributed by atoms with Crippen molar-refractivity contribution in [2.45, 2.75) is 6.54 Å². The van der Waals surface area contributed by atoms with Crippen molar-refractivity contribution in [2.24, 2.45) is 0 Å². The second-order valence-corrected chi connectivity index (χ2v) is 4.84. The number of hydrogen-bond donors (Lipinski definition) is 2. The van der Waals surface area contributed by atoms with Crippen LogP contribution in [0.25, 0.3) is 0 Å². The maximum absolute atomic E-state index is 5.86. The van der Waals surface area contributed by atoms with Gasteiger partial charge in [0.15, 0.2) is 0 Å². The number of anilines is 2. The highest BCUT2D eigenvalue weighted by Gasteiger charge is 2.05. The predicted octanol–water partition coefficient (Wildman–Crippen LogP) is 2.45. The Balaban J connectivity index is 2.07. The van der Waals surface area contributed by atoms with Crippen molar-refractivity contribution in [3.8, 4) is 11.6 Å². The number of aromatic nitrogens is 2. The van der Waals surface area contributed by atoms with Crippen LogP contribution in [0.5, 0.6) is 11.6 Å². The largest absolute Gasteiger partial charge is 0.495 e. The van der Waals surface area contributed by atoms with E-state index in [4.69, 9.17) is 15.2 Å². The molecule has 0 spiro atoms. The number of rotatable bonds is 5. The summed E-state index contributed by atoms with van der Waals surface area (Å²) in [5.41, 5.74) is 7.46. The fourth-order valence-electron chi connectivity index (χ4n) is 1.65. The SMILES string of the molecule is COc1ccc(CNc2ncc(Br)c(OC)n2)cc1N. The zero-order valence-corrected chi connectivity index (χ0v) is 12.8. The summed E-state index contributed by atoms with van der Waals surface area (Å²) >= 11 is 3.30. The molecule has 0 aliphatic heterocycles. The molecule has 1 aromatic carbocycles. The van der Waals surface area contributed by atoms with Crippen molar-refractivity contribution >= 4 is 27.6 Å². The highest BCUT2D eigenvalue weighted by atomic mass is 79.9. The third-order valence-electron chi connectivity index (χ3n) is 2.65. The molecule has 7 heteroatoms. The quantitative estimate of drug-likeness (QED) is 0.815. The molecule has 3 N–H and O–H groups in total. The van der Waals surface area contributed by atoms with E-state index in [0.717, 1.165) is 5.56 Å². The van der Waals surface area contributed by atoms with Crippen molar-refractivity contribution in [1.29, 1.82) is 0 Å². The van der Waals surface area contributed by atoms with Crippen LogP contribution in [0.3, 0.4) is 0 Å². The molecular formula is C13H15BrN4O2. The number of methoxy groups -OCH3 is 2. The minimum atomic E-state index is 0.483. The Morgan fingerprint density at radius 2 is 2.10 bits per heavy atom. The van der Waals surface area contributed by atoms with Gasteiger partial charge in [-0.15, -0.1) is 0 Å². The van der Waals surface area contributed by atoms with E-state index in [-0.39, 0.29) is 0 Å². The first kappa shape index (κ1) is 14.4. The zero-order valence-electron chi connectivity index (χ0n) is 11.2. The van der Waals surface area contributed by atoms with Gasteiger partial charge in [-0.05, 0) is 33.6 Å². The molecule has 0 saturated heterocycles. The Hall–Kier alpha value is -2.02. The van der Waals surface area contributed by atoms with Gasteiger partial charge in [0.05, 0.1) is 30.6 Å². The van der Waals surface area contributed by atoms with Crippen molar-refractivity contribution in [3.05, 3.63) is 34.4 Å². The molecule has 1 aromatic heterocycles. The van der Waals surface area contributed by atoms with E-state index >= 15 is 0 Å². The number of benzene rings is 1. The molecule has 2 rings (SSSR count). The average molecular weight is 339 g/mol. The summed E-state index contributed by atoms with van der Waals surface area (Å²) in [7, 11) is 3.15. The van der Waals surface area contributed by atoms with Gasteiger partial charge in [0, 0.05) is 6.54 Å². The molecule has 0 atom stereocenters. The van der Waals surface area contributed by atoms with Gasteiger partial charge in [-0.3, -0.25) is 0 Å². The lowest BCUT2D eigenvalue weighted by atomic mass is 10.2. The monoisotopic (exact) mass is 338 g/mol. The molecule has 20 heavy (non-hydrogen) atoms. The van der Waals surface area contributed by atoms with Crippen LogP contribution in [-0.2, 0) is 6.54 Å². The lowest BCUT2D eigenvalue weighted by Gasteiger charge is -2.09. The standard InChI is InChI=1S/C13H15BrN4O2/c1-19-11-4-3-8(5-10(11)15)6-16-13-17-7-9(14)12(18-13)20-2/h3-5,7H,6,15H2,1-2H3,(H,16,17,18). The highest BCUT2D eigenvalue weighted by Crippen LogP contribution is 2.24. The molecule has 0 saturated carbocycles. The van der Waals surface area contributed by atoms with Gasteiger partial charge >= 0.3 is 0 Å². The fourth-order valence-corrected chi connectivity index (χ4v) is 2.01. The molecule has 0 radical (unpaired) electrons. The third kappa shape index (κ3) is 3.30. The van der Waals surface area contributed by atoms with Gasteiger partial charge in [0.1, 0.15) is 5.75 Å². The first-order chi connectivity index (χ1) is 9.63. The smallest absolute Gasteiger partial charge is 0.232 e. The number of nitrogens with two attached hydrogens (primary N) is 1. The molecule has 2 aromatic rings. The molecule has 0 aliphatic carbocycles. The summed E-state index contributed by atoms with van der Waals surface area (Å²) < 4.78 is 10.9. The van der Waals surface area contributed by atoms with E-state index in [9.17, 15) is 0 Å². The molecule has 106 valence electrons. The van der Waals surface area contributed by atoms with Gasteiger partial charge in [-0.1, -0.05) is 6.07 Å². The summed E-state index contributed by atoms with van der Waals surface area (Å²) in [6.45, 7) is 0.555. The number of nitrogens with zero attached hydrogens (tertiary/aromatic N) is 2. The molecule has 0 bridgehead atoms. The summed E-state index contributed by atoms with van der Waals surface area (Å²) in [6, 6.07) is 5.61. The van der Waals surface area contributed by atoms with Crippen LogP contribution in [0.1, 0.15) is 5.56 Å². The van der Waals surface area contributed by atoms with Crippen LogP contribution in [0.4, 0.5) is 11.6 Å². The van der Waals surface area contributed by atoms with Crippen LogP contribution < -0.4 is 20.5 Å². The van der Waals surface area contributed by atoms with Gasteiger partial charge in [-0.2, -0.15) is 4.98 Å². The van der Waals surface area contributed by atoms with Crippen LogP contribution >= 0.6 is 15.9 Å². The molecule has 0 aliphatic rings. The maximum Gasteiger partial charge on any atom is 0.232 e. The molecule has 6 nitrogen and oxygen atoms in total. The maximum atomic E-state index is 5.86. The van der Waals surface area contributed by atoms with Gasteiger partial charge < -0.3 is 20.5 Å². The van der Waals surface area contributed by atoms with Crippen molar-refractivity contribution < 1.29 is 9.47 Å². The second-order valence-electron chi connectivity index (χ2n) is 3.98. The normalized spacial score (nSPS) is 10.2. The Morgan fingerprint density at radius 1 is 1.30 bits per heavy atom. The van der Waals surface area contributed by atoms with E-state index in [2.05, 4.69) is 31.2 Å². The second kappa shape index (κ2) is 6.42. The summed E-state index contributed by atoms with van der Waals surface area (Å²) in [6.07, 6.45) is 1.64. The van der Waals surface area contributed by atoms with Crippen molar-refractivity contribution in [3.63, 3.8) is 0 Å². The average Bonchev–Trinajstić information content (AvgIpc) is 2.46. The van der Waals surface area contributed by atoms with Gasteiger partial charge in [-0.25, -0.2) is 4.98 Å². The number of nitrogen functional groups attached to an aromatic ring is 1. The fraction of sp³-hybridized carbons (Fsp3) is 0.231. The van der Waals surface area contributed by atoms with Crippen LogP contribution in [-0.4, -0.2) is 24.2 Å². The minimum Gasteiger partial charge on any atom is -0.495 e. The topological polar surface area (TPSA) is 82.3 Å². The van der Waals surface area contributed by atoms with Crippen LogP contribution in [0.15, 0.2) is 28.9 Å². The van der Waals surface area contributed by atoms with E-state index in [0.29, 0.717) is 34.3 Å². The Bertz CT molecular complexity index is 607. The summed E-state index contributed by atoms with van der Waals surface area (Å²) in [5, 5.41) is 3.11. The first-order valence-corrected chi connectivity index (χ1v) is 6.66. The highest BCUT2D eigenvalue weighted by molar-refractivity contribution is 9.10. The summed E-state index contributed by atoms with van der Waals surface area (Å²) in [5.74, 6) is 1.63. The van der Waals surface area contributed by atoms with Crippen LogP contribution in [0.2, 0.25) is 0 Å².